The number of nitrogens with zero attached hydrogens (tertiary/aromatic N) is 1. The molecule has 0 heterocycles. The lowest BCUT2D eigenvalue weighted by Crippen LogP contribution is -2.12. The van der Waals surface area contributed by atoms with E-state index in [0.29, 0.717) is 24.0 Å². The van der Waals surface area contributed by atoms with Crippen molar-refractivity contribution in [2.45, 2.75) is 26.1 Å². The number of fused-ring (bicyclic) bond motifs is 1. The van der Waals surface area contributed by atoms with Gasteiger partial charge in [0.05, 0.1) is 5.56 Å². The first kappa shape index (κ1) is 7.00. The van der Waals surface area contributed by atoms with Crippen molar-refractivity contribution in [3.8, 4) is 6.07 Å². The number of halogens is 1. The number of rotatable bonds is 0. The van der Waals surface area contributed by atoms with Crippen LogP contribution in [0.3, 0.4) is 0 Å². The summed E-state index contributed by atoms with van der Waals surface area (Å²) >= 11 is 0. The Labute approximate surface area is 86.0 Å². The first-order valence-corrected chi connectivity index (χ1v) is 4.67. The maximum absolute atomic E-state index is 13.4. The maximum atomic E-state index is 13.4. The van der Waals surface area contributed by atoms with Gasteiger partial charge in [-0.25, -0.2) is 4.39 Å². The topological polar surface area (TPSA) is 23.8 Å². The summed E-state index contributed by atoms with van der Waals surface area (Å²) in [5, 5.41) is 8.73. The molecule has 1 nitrogen and oxygen atoms in total. The average molecular weight is 191 g/mol. The molecule has 1 aliphatic carbocycles. The highest BCUT2D eigenvalue weighted by Crippen LogP contribution is 2.27. The summed E-state index contributed by atoms with van der Waals surface area (Å²) in [6.07, 6.45) is -0.347. The number of nitriles is 1. The minimum absolute atomic E-state index is 0.0721. The van der Waals surface area contributed by atoms with Gasteiger partial charge in [-0.15, -0.1) is 0 Å². The van der Waals surface area contributed by atoms with Gasteiger partial charge in [0, 0.05) is 2.74 Å². The Morgan fingerprint density at radius 2 is 2.36 bits per heavy atom. The molecule has 72 valence electrons. The summed E-state index contributed by atoms with van der Waals surface area (Å²) in [5.74, 6) is -0.346. The quantitative estimate of drug-likeness (QED) is 0.618. The molecule has 1 atom stereocenters. The summed E-state index contributed by atoms with van der Waals surface area (Å²) in [6, 6.07) is 4.42. The van der Waals surface area contributed by atoms with Crippen molar-refractivity contribution in [2.24, 2.45) is 5.92 Å². The van der Waals surface area contributed by atoms with Crippen LogP contribution < -0.4 is 0 Å². The third kappa shape index (κ3) is 1.50. The molecule has 0 spiro atoms. The SMILES string of the molecule is [2H]C1([2H])CC(C)Cc2cc(F)c(C#N)cc21. The molecule has 0 saturated carbocycles. The average Bonchev–Trinajstić information content (AvgIpc) is 2.15. The van der Waals surface area contributed by atoms with Crippen LogP contribution in [0.1, 0.15) is 32.8 Å². The van der Waals surface area contributed by atoms with Crippen molar-refractivity contribution in [2.75, 3.05) is 0 Å². The van der Waals surface area contributed by atoms with Gasteiger partial charge in [-0.3, -0.25) is 0 Å². The molecule has 0 bridgehead atoms. The van der Waals surface area contributed by atoms with E-state index in [1.54, 1.807) is 6.07 Å². The molecule has 14 heavy (non-hydrogen) atoms. The zero-order chi connectivity index (χ0) is 11.9. The molecule has 0 saturated heterocycles. The van der Waals surface area contributed by atoms with Crippen molar-refractivity contribution in [3.63, 3.8) is 0 Å². The van der Waals surface area contributed by atoms with E-state index in [1.165, 1.54) is 12.1 Å². The van der Waals surface area contributed by atoms with Crippen LogP contribution in [0.15, 0.2) is 12.1 Å². The Balaban J connectivity index is 2.61. The molecule has 2 heteroatoms. The summed E-state index contributed by atoms with van der Waals surface area (Å²) in [7, 11) is 0. The van der Waals surface area contributed by atoms with E-state index in [9.17, 15) is 4.39 Å². The van der Waals surface area contributed by atoms with Gasteiger partial charge in [0.1, 0.15) is 11.9 Å². The molecule has 0 aliphatic heterocycles. The highest BCUT2D eigenvalue weighted by Gasteiger charge is 2.17. The van der Waals surface area contributed by atoms with Gasteiger partial charge in [-0.1, -0.05) is 6.92 Å². The Morgan fingerprint density at radius 1 is 1.57 bits per heavy atom. The van der Waals surface area contributed by atoms with E-state index >= 15 is 0 Å². The fraction of sp³-hybridized carbons (Fsp3) is 0.417. The van der Waals surface area contributed by atoms with E-state index < -0.39 is 12.2 Å². The molecule has 0 radical (unpaired) electrons. The Hall–Kier alpha value is -1.36. The summed E-state index contributed by atoms with van der Waals surface area (Å²) < 4.78 is 29.2. The van der Waals surface area contributed by atoms with Crippen LogP contribution in [-0.4, -0.2) is 0 Å². The summed E-state index contributed by atoms with van der Waals surface area (Å²) in [6.45, 7) is 1.96. The van der Waals surface area contributed by atoms with Crippen LogP contribution in [-0.2, 0) is 12.8 Å². The van der Waals surface area contributed by atoms with Crippen molar-refractivity contribution in [1.29, 1.82) is 5.26 Å². The second-order valence-corrected chi connectivity index (χ2v) is 3.79. The number of benzene rings is 1. The minimum Gasteiger partial charge on any atom is -0.206 e. The van der Waals surface area contributed by atoms with Crippen LogP contribution in [0, 0.1) is 23.1 Å². The lowest BCUT2D eigenvalue weighted by Gasteiger charge is -2.21. The van der Waals surface area contributed by atoms with Crippen molar-refractivity contribution in [1.82, 2.24) is 0 Å². The molecular weight excluding hydrogens is 177 g/mol. The minimum atomic E-state index is -1.45. The molecule has 0 N–H and O–H groups in total. The standard InChI is InChI=1S/C12H12FN/c1-8-2-3-9-5-11(7-14)12(13)6-10(9)4-8/h5-6,8H,2-4H2,1H3/i3D2. The zero-order valence-corrected chi connectivity index (χ0v) is 7.97. The van der Waals surface area contributed by atoms with E-state index in [4.69, 9.17) is 8.00 Å². The molecule has 2 rings (SSSR count). The van der Waals surface area contributed by atoms with Crippen LogP contribution in [0.2, 0.25) is 0 Å². The fourth-order valence-corrected chi connectivity index (χ4v) is 1.77. The molecular formula is C12H12FN. The predicted octanol–water partition coefficient (Wildman–Crippen LogP) is 2.82. The molecule has 1 aromatic carbocycles. The first-order chi connectivity index (χ1) is 7.44. The van der Waals surface area contributed by atoms with E-state index in [1.807, 2.05) is 6.92 Å². The molecule has 0 aromatic heterocycles. The third-order valence-electron chi connectivity index (χ3n) is 2.52. The highest BCUT2D eigenvalue weighted by atomic mass is 19.1. The van der Waals surface area contributed by atoms with Crippen LogP contribution in [0.5, 0.6) is 0 Å². The second kappa shape index (κ2) is 3.42. The molecule has 1 unspecified atom stereocenters. The van der Waals surface area contributed by atoms with Crippen LogP contribution in [0.4, 0.5) is 4.39 Å². The van der Waals surface area contributed by atoms with E-state index in [0.717, 1.165) is 0 Å². The Bertz CT molecular complexity index is 477. The van der Waals surface area contributed by atoms with Crippen molar-refractivity contribution >= 4 is 0 Å². The second-order valence-electron chi connectivity index (χ2n) is 3.79. The number of aryl methyl sites for hydroxylation is 1. The van der Waals surface area contributed by atoms with Gasteiger partial charge < -0.3 is 0 Å². The third-order valence-corrected chi connectivity index (χ3v) is 2.52. The molecule has 0 amide bonds. The Morgan fingerprint density at radius 3 is 3.07 bits per heavy atom. The van der Waals surface area contributed by atoms with Crippen molar-refractivity contribution < 1.29 is 7.13 Å². The van der Waals surface area contributed by atoms with Gasteiger partial charge in [0.2, 0.25) is 0 Å². The molecule has 0 fully saturated rings. The zero-order valence-electron chi connectivity index (χ0n) is 9.97. The molecule has 1 aromatic rings. The van der Waals surface area contributed by atoms with Crippen molar-refractivity contribution in [3.05, 3.63) is 34.6 Å². The van der Waals surface area contributed by atoms with Gasteiger partial charge in [0.25, 0.3) is 0 Å². The fourth-order valence-electron chi connectivity index (χ4n) is 1.77. The van der Waals surface area contributed by atoms with Gasteiger partial charge in [-0.2, -0.15) is 5.26 Å². The molecule has 1 aliphatic rings. The van der Waals surface area contributed by atoms with Gasteiger partial charge in [0.15, 0.2) is 0 Å². The first-order valence-electron chi connectivity index (χ1n) is 5.67. The van der Waals surface area contributed by atoms with Gasteiger partial charge in [-0.05, 0) is 48.4 Å². The monoisotopic (exact) mass is 191 g/mol. The summed E-state index contributed by atoms with van der Waals surface area (Å²) in [5.41, 5.74) is 1.10. The number of hydrogen-bond donors (Lipinski definition) is 0. The smallest absolute Gasteiger partial charge is 0.141 e. The van der Waals surface area contributed by atoms with Crippen LogP contribution in [0.25, 0.3) is 0 Å². The maximum Gasteiger partial charge on any atom is 0.141 e. The summed E-state index contributed by atoms with van der Waals surface area (Å²) in [4.78, 5) is 0. The lowest BCUT2D eigenvalue weighted by atomic mass is 9.84. The van der Waals surface area contributed by atoms with Crippen LogP contribution >= 0.6 is 0 Å². The predicted molar refractivity (Wildman–Crippen MR) is 52.3 cm³/mol. The largest absolute Gasteiger partial charge is 0.206 e. The number of hydrogen-bond acceptors (Lipinski definition) is 1. The lowest BCUT2D eigenvalue weighted by molar-refractivity contribution is 0.497. The normalized spacial score (nSPS) is 25.6. The highest BCUT2D eigenvalue weighted by molar-refractivity contribution is 5.40. The van der Waals surface area contributed by atoms with Gasteiger partial charge >= 0.3 is 0 Å². The van der Waals surface area contributed by atoms with E-state index in [2.05, 4.69) is 0 Å². The Kier molecular flexibility index (Phi) is 1.71. The van der Waals surface area contributed by atoms with E-state index in [-0.39, 0.29) is 11.5 Å².